The van der Waals surface area contributed by atoms with E-state index in [1.807, 2.05) is 24.3 Å². The van der Waals surface area contributed by atoms with Crippen molar-refractivity contribution in [1.82, 2.24) is 20.3 Å². The van der Waals surface area contributed by atoms with Crippen LogP contribution in [-0.2, 0) is 0 Å². The van der Waals surface area contributed by atoms with Crippen molar-refractivity contribution in [3.05, 3.63) is 60.2 Å². The Kier molecular flexibility index (Phi) is 3.87. The second kappa shape index (κ2) is 5.97. The van der Waals surface area contributed by atoms with Crippen LogP contribution in [0, 0.1) is 5.92 Å². The number of aromatic nitrogens is 3. The Morgan fingerprint density at radius 2 is 1.91 bits per heavy atom. The van der Waals surface area contributed by atoms with Crippen molar-refractivity contribution in [2.45, 2.75) is 19.9 Å². The fraction of sp³-hybridized carbons (Fsp3) is 0.235. The van der Waals surface area contributed by atoms with E-state index in [0.717, 1.165) is 16.9 Å². The summed E-state index contributed by atoms with van der Waals surface area (Å²) in [5.74, 6) is 0.772. The number of fused-ring (bicyclic) bond motifs is 1. The monoisotopic (exact) mass is 294 g/mol. The van der Waals surface area contributed by atoms with E-state index in [4.69, 9.17) is 0 Å². The largest absolute Gasteiger partial charge is 0.340 e. The molecule has 1 aromatic carbocycles. The second-order valence-electron chi connectivity index (χ2n) is 5.55. The number of H-pyrrole nitrogens is 1. The van der Waals surface area contributed by atoms with Crippen molar-refractivity contribution in [3.8, 4) is 0 Å². The molecule has 0 saturated heterocycles. The molecule has 3 rings (SSSR count). The lowest BCUT2D eigenvalue weighted by atomic mass is 10.0. The van der Waals surface area contributed by atoms with Crippen LogP contribution in [0.4, 0.5) is 0 Å². The molecule has 5 heteroatoms. The number of benzene rings is 1. The molecule has 0 bridgehead atoms. The van der Waals surface area contributed by atoms with Crippen LogP contribution in [-0.4, -0.2) is 20.9 Å². The average Bonchev–Trinajstić information content (AvgIpc) is 2.96. The molecule has 112 valence electrons. The molecule has 2 heterocycles. The summed E-state index contributed by atoms with van der Waals surface area (Å²) in [5, 5.41) is 3.01. The highest BCUT2D eigenvalue weighted by atomic mass is 16.1. The lowest BCUT2D eigenvalue weighted by Gasteiger charge is -2.20. The highest BCUT2D eigenvalue weighted by Gasteiger charge is 2.22. The van der Waals surface area contributed by atoms with E-state index in [1.165, 1.54) is 0 Å². The number of imidazole rings is 1. The minimum absolute atomic E-state index is 0.193. The molecule has 0 fully saturated rings. The van der Waals surface area contributed by atoms with Gasteiger partial charge in [-0.05, 0) is 30.2 Å². The van der Waals surface area contributed by atoms with Crippen LogP contribution in [0.1, 0.15) is 36.2 Å². The van der Waals surface area contributed by atoms with E-state index < -0.39 is 0 Å². The summed E-state index contributed by atoms with van der Waals surface area (Å²) in [4.78, 5) is 24.3. The Bertz CT molecular complexity index is 746. The normalized spacial score (nSPS) is 12.5. The zero-order valence-electron chi connectivity index (χ0n) is 12.6. The van der Waals surface area contributed by atoms with Crippen molar-refractivity contribution in [2.24, 2.45) is 5.92 Å². The number of amides is 1. The number of aromatic amines is 1. The minimum Gasteiger partial charge on any atom is -0.340 e. The van der Waals surface area contributed by atoms with E-state index in [0.29, 0.717) is 5.69 Å². The highest BCUT2D eigenvalue weighted by Crippen LogP contribution is 2.22. The first-order chi connectivity index (χ1) is 10.6. The summed E-state index contributed by atoms with van der Waals surface area (Å²) < 4.78 is 0. The fourth-order valence-electron chi connectivity index (χ4n) is 2.38. The Morgan fingerprint density at radius 1 is 1.14 bits per heavy atom. The topological polar surface area (TPSA) is 70.7 Å². The molecule has 0 saturated carbocycles. The Morgan fingerprint density at radius 3 is 2.59 bits per heavy atom. The lowest BCUT2D eigenvalue weighted by molar-refractivity contribution is 0.0918. The maximum Gasteiger partial charge on any atom is 0.270 e. The van der Waals surface area contributed by atoms with Gasteiger partial charge in [0.15, 0.2) is 0 Å². The molecule has 0 aliphatic heterocycles. The van der Waals surface area contributed by atoms with E-state index in [2.05, 4.69) is 34.1 Å². The van der Waals surface area contributed by atoms with Crippen molar-refractivity contribution < 1.29 is 4.79 Å². The van der Waals surface area contributed by atoms with Gasteiger partial charge in [0.1, 0.15) is 11.5 Å². The van der Waals surface area contributed by atoms with Crippen LogP contribution < -0.4 is 5.32 Å². The molecule has 1 amide bonds. The van der Waals surface area contributed by atoms with Crippen molar-refractivity contribution in [1.29, 1.82) is 0 Å². The molecule has 1 atom stereocenters. The third-order valence-electron chi connectivity index (χ3n) is 3.55. The molecule has 0 radical (unpaired) electrons. The molecular weight excluding hydrogens is 276 g/mol. The molecule has 5 nitrogen and oxygen atoms in total. The van der Waals surface area contributed by atoms with Crippen molar-refractivity contribution in [3.63, 3.8) is 0 Å². The van der Waals surface area contributed by atoms with E-state index >= 15 is 0 Å². The van der Waals surface area contributed by atoms with Crippen LogP contribution in [0.15, 0.2) is 48.7 Å². The van der Waals surface area contributed by atoms with Crippen LogP contribution >= 0.6 is 0 Å². The zero-order valence-corrected chi connectivity index (χ0v) is 12.6. The summed E-state index contributed by atoms with van der Waals surface area (Å²) in [7, 11) is 0. The van der Waals surface area contributed by atoms with E-state index in [1.54, 1.807) is 24.4 Å². The average molecular weight is 294 g/mol. The zero-order chi connectivity index (χ0) is 15.5. The first-order valence-electron chi connectivity index (χ1n) is 7.31. The number of hydrogen-bond donors (Lipinski definition) is 2. The van der Waals surface area contributed by atoms with Crippen LogP contribution in [0.3, 0.4) is 0 Å². The Hall–Kier alpha value is -2.69. The summed E-state index contributed by atoms with van der Waals surface area (Å²) in [6.45, 7) is 4.10. The Balaban J connectivity index is 1.88. The van der Waals surface area contributed by atoms with Gasteiger partial charge in [-0.2, -0.15) is 0 Å². The van der Waals surface area contributed by atoms with Gasteiger partial charge in [0, 0.05) is 6.20 Å². The third-order valence-corrected chi connectivity index (χ3v) is 3.55. The minimum atomic E-state index is -0.195. The third kappa shape index (κ3) is 2.83. The SMILES string of the molecule is CC(C)[C@@H](NC(=O)c1ccccn1)c1nc2ccccc2[nH]1. The van der Waals surface area contributed by atoms with Crippen LogP contribution in [0.2, 0.25) is 0 Å². The molecule has 0 spiro atoms. The number of nitrogens with zero attached hydrogens (tertiary/aromatic N) is 2. The summed E-state index contributed by atoms with van der Waals surface area (Å²) >= 11 is 0. The summed E-state index contributed by atoms with van der Waals surface area (Å²) in [6.07, 6.45) is 1.61. The first kappa shape index (κ1) is 14.3. The van der Waals surface area contributed by atoms with Gasteiger partial charge in [-0.25, -0.2) is 4.98 Å². The van der Waals surface area contributed by atoms with Crippen LogP contribution in [0.25, 0.3) is 11.0 Å². The quantitative estimate of drug-likeness (QED) is 0.776. The highest BCUT2D eigenvalue weighted by molar-refractivity contribution is 5.92. The van der Waals surface area contributed by atoms with Gasteiger partial charge >= 0.3 is 0 Å². The van der Waals surface area contributed by atoms with Crippen molar-refractivity contribution >= 4 is 16.9 Å². The van der Waals surface area contributed by atoms with Gasteiger partial charge in [-0.3, -0.25) is 9.78 Å². The smallest absolute Gasteiger partial charge is 0.270 e. The van der Waals surface area contributed by atoms with Gasteiger partial charge < -0.3 is 10.3 Å². The number of pyridine rings is 1. The van der Waals surface area contributed by atoms with Gasteiger partial charge in [-0.15, -0.1) is 0 Å². The van der Waals surface area contributed by atoms with Gasteiger partial charge in [0.25, 0.3) is 5.91 Å². The number of para-hydroxylation sites is 2. The number of rotatable bonds is 4. The number of nitrogens with one attached hydrogen (secondary N) is 2. The maximum atomic E-state index is 12.3. The molecule has 22 heavy (non-hydrogen) atoms. The van der Waals surface area contributed by atoms with E-state index in [9.17, 15) is 4.79 Å². The summed E-state index contributed by atoms with van der Waals surface area (Å²) in [5.41, 5.74) is 2.27. The molecular formula is C17H18N4O. The van der Waals surface area contributed by atoms with E-state index in [-0.39, 0.29) is 17.9 Å². The second-order valence-corrected chi connectivity index (χ2v) is 5.55. The van der Waals surface area contributed by atoms with Gasteiger partial charge in [0.2, 0.25) is 0 Å². The van der Waals surface area contributed by atoms with Crippen molar-refractivity contribution in [2.75, 3.05) is 0 Å². The van der Waals surface area contributed by atoms with Crippen LogP contribution in [0.5, 0.6) is 0 Å². The molecule has 0 unspecified atom stereocenters. The first-order valence-corrected chi connectivity index (χ1v) is 7.31. The maximum absolute atomic E-state index is 12.3. The predicted molar refractivity (Wildman–Crippen MR) is 85.4 cm³/mol. The Labute approximate surface area is 128 Å². The van der Waals surface area contributed by atoms with Gasteiger partial charge in [-0.1, -0.05) is 32.0 Å². The number of hydrogen-bond acceptors (Lipinski definition) is 3. The summed E-state index contributed by atoms with van der Waals surface area (Å²) in [6, 6.07) is 12.9. The number of carbonyl (C=O) groups excluding carboxylic acids is 1. The molecule has 2 aromatic heterocycles. The molecule has 0 aliphatic rings. The predicted octanol–water partition coefficient (Wildman–Crippen LogP) is 3.09. The number of carbonyl (C=O) groups is 1. The molecule has 0 aliphatic carbocycles. The standard InChI is InChI=1S/C17H18N4O/c1-11(2)15(21-17(22)14-9-5-6-10-18-14)16-19-12-7-3-4-8-13(12)20-16/h3-11,15H,1-2H3,(H,19,20)(H,21,22)/t15-/m1/s1. The molecule has 2 N–H and O–H groups in total. The fourth-order valence-corrected chi connectivity index (χ4v) is 2.38. The van der Waals surface area contributed by atoms with Gasteiger partial charge in [0.05, 0.1) is 17.1 Å². The molecule has 3 aromatic rings. The lowest BCUT2D eigenvalue weighted by Crippen LogP contribution is -2.33.